The Hall–Kier alpha value is -1.40. The molecule has 2 amide bonds. The van der Waals surface area contributed by atoms with E-state index in [9.17, 15) is 9.59 Å². The van der Waals surface area contributed by atoms with Crippen molar-refractivity contribution >= 4 is 23.2 Å². The first kappa shape index (κ1) is 18.4. The summed E-state index contributed by atoms with van der Waals surface area (Å²) in [5, 5.41) is 9.98. The van der Waals surface area contributed by atoms with Gasteiger partial charge in [-0.15, -0.1) is 0 Å². The topological polar surface area (TPSA) is 61.4 Å². The zero-order chi connectivity index (χ0) is 17.5. The lowest BCUT2D eigenvalue weighted by molar-refractivity contribution is -0.139. The zero-order valence-electron chi connectivity index (χ0n) is 14.8. The van der Waals surface area contributed by atoms with Crippen LogP contribution in [-0.4, -0.2) is 42.4 Å². The number of likely N-dealkylation sites (tertiary alicyclic amines) is 1. The van der Waals surface area contributed by atoms with Crippen LogP contribution in [0.5, 0.6) is 0 Å². The summed E-state index contributed by atoms with van der Waals surface area (Å²) in [6.07, 6.45) is 9.19. The first-order valence-electron chi connectivity index (χ1n) is 9.59. The minimum Gasteiger partial charge on any atom is -0.346 e. The molecule has 2 aliphatic rings. The molecule has 1 saturated carbocycles. The molecule has 6 heteroatoms. The number of rotatable bonds is 5. The number of carbonyl (C=O) groups excluding carboxylic acids is 2. The van der Waals surface area contributed by atoms with Gasteiger partial charge in [-0.25, -0.2) is 0 Å². The smallest absolute Gasteiger partial charge is 0.309 e. The van der Waals surface area contributed by atoms with Gasteiger partial charge >= 0.3 is 11.8 Å². The van der Waals surface area contributed by atoms with Gasteiger partial charge in [-0.1, -0.05) is 25.7 Å². The van der Waals surface area contributed by atoms with Crippen LogP contribution in [0, 0.1) is 0 Å². The third kappa shape index (κ3) is 5.28. The number of thiophene rings is 1. The van der Waals surface area contributed by atoms with Gasteiger partial charge in [0, 0.05) is 12.6 Å². The summed E-state index contributed by atoms with van der Waals surface area (Å²) in [6.45, 7) is 2.61. The van der Waals surface area contributed by atoms with Crippen molar-refractivity contribution in [3.8, 4) is 0 Å². The molecule has 1 unspecified atom stereocenters. The largest absolute Gasteiger partial charge is 0.346 e. The summed E-state index contributed by atoms with van der Waals surface area (Å²) in [4.78, 5) is 26.8. The standard InChI is InChI=1S/C19H29N3O2S/c23-18(19(24)21-16-7-3-1-4-8-16)20-13-17(15-9-12-25-14-15)22-10-5-2-6-11-22/h9,12,14,16-17H,1-8,10-11,13H2,(H,20,23)(H,21,24). The quantitative estimate of drug-likeness (QED) is 0.791. The van der Waals surface area contributed by atoms with Crippen molar-refractivity contribution in [1.29, 1.82) is 0 Å². The Labute approximate surface area is 154 Å². The highest BCUT2D eigenvalue weighted by molar-refractivity contribution is 7.07. The first-order valence-corrected chi connectivity index (χ1v) is 10.5. The number of hydrogen-bond donors (Lipinski definition) is 2. The van der Waals surface area contributed by atoms with Gasteiger partial charge in [0.25, 0.3) is 0 Å². The van der Waals surface area contributed by atoms with Gasteiger partial charge in [0.1, 0.15) is 0 Å². The van der Waals surface area contributed by atoms with E-state index in [0.29, 0.717) is 6.54 Å². The maximum Gasteiger partial charge on any atom is 0.309 e. The number of nitrogens with zero attached hydrogens (tertiary/aromatic N) is 1. The normalized spacial score (nSPS) is 20.8. The van der Waals surface area contributed by atoms with Crippen LogP contribution in [0.25, 0.3) is 0 Å². The predicted octanol–water partition coefficient (Wildman–Crippen LogP) is 2.84. The molecular formula is C19H29N3O2S. The monoisotopic (exact) mass is 363 g/mol. The molecule has 5 nitrogen and oxygen atoms in total. The molecule has 2 N–H and O–H groups in total. The second-order valence-corrected chi connectivity index (χ2v) is 7.97. The van der Waals surface area contributed by atoms with Crippen molar-refractivity contribution in [2.24, 2.45) is 0 Å². The van der Waals surface area contributed by atoms with Crippen molar-refractivity contribution in [2.45, 2.75) is 63.5 Å². The van der Waals surface area contributed by atoms with E-state index in [1.54, 1.807) is 11.3 Å². The predicted molar refractivity (Wildman–Crippen MR) is 101 cm³/mol. The Morgan fingerprint density at radius 2 is 1.80 bits per heavy atom. The van der Waals surface area contributed by atoms with Gasteiger partial charge in [0.05, 0.1) is 6.04 Å². The van der Waals surface area contributed by atoms with Gasteiger partial charge in [-0.2, -0.15) is 11.3 Å². The van der Waals surface area contributed by atoms with Crippen molar-refractivity contribution in [3.05, 3.63) is 22.4 Å². The minimum absolute atomic E-state index is 0.165. The zero-order valence-corrected chi connectivity index (χ0v) is 15.7. The molecule has 25 heavy (non-hydrogen) atoms. The molecule has 1 saturated heterocycles. The molecule has 0 radical (unpaired) electrons. The molecule has 0 aromatic carbocycles. The maximum absolute atomic E-state index is 12.2. The van der Waals surface area contributed by atoms with E-state index < -0.39 is 11.8 Å². The number of carbonyl (C=O) groups is 2. The highest BCUT2D eigenvalue weighted by Crippen LogP contribution is 2.25. The molecule has 1 aromatic rings. The molecule has 1 atom stereocenters. The van der Waals surface area contributed by atoms with E-state index in [-0.39, 0.29) is 12.1 Å². The van der Waals surface area contributed by atoms with Crippen LogP contribution in [-0.2, 0) is 9.59 Å². The summed E-state index contributed by atoms with van der Waals surface area (Å²) >= 11 is 1.68. The summed E-state index contributed by atoms with van der Waals surface area (Å²) in [6, 6.07) is 2.46. The van der Waals surface area contributed by atoms with E-state index in [0.717, 1.165) is 38.8 Å². The molecule has 2 fully saturated rings. The van der Waals surface area contributed by atoms with E-state index >= 15 is 0 Å². The van der Waals surface area contributed by atoms with Crippen LogP contribution in [0.1, 0.15) is 63.0 Å². The van der Waals surface area contributed by atoms with Gasteiger partial charge in [-0.05, 0) is 61.2 Å². The Bertz CT molecular complexity index is 549. The van der Waals surface area contributed by atoms with E-state index in [1.165, 1.54) is 31.2 Å². The second kappa shape index (κ2) is 9.34. The number of piperidine rings is 1. The average molecular weight is 364 g/mol. The van der Waals surface area contributed by atoms with Gasteiger partial charge in [0.2, 0.25) is 0 Å². The molecule has 0 bridgehead atoms. The number of amides is 2. The van der Waals surface area contributed by atoms with E-state index in [2.05, 4.69) is 32.4 Å². The number of hydrogen-bond acceptors (Lipinski definition) is 4. The van der Waals surface area contributed by atoms with Crippen molar-refractivity contribution in [1.82, 2.24) is 15.5 Å². The van der Waals surface area contributed by atoms with Crippen LogP contribution in [0.15, 0.2) is 16.8 Å². The maximum atomic E-state index is 12.2. The lowest BCUT2D eigenvalue weighted by atomic mass is 9.95. The third-order valence-corrected chi connectivity index (χ3v) is 6.06. The van der Waals surface area contributed by atoms with Gasteiger partial charge < -0.3 is 10.6 Å². The molecule has 3 rings (SSSR count). The molecule has 138 valence electrons. The Kier molecular flexibility index (Phi) is 6.87. The third-order valence-electron chi connectivity index (χ3n) is 5.36. The fraction of sp³-hybridized carbons (Fsp3) is 0.684. The number of nitrogens with one attached hydrogen (secondary N) is 2. The van der Waals surface area contributed by atoms with Crippen molar-refractivity contribution < 1.29 is 9.59 Å². The van der Waals surface area contributed by atoms with Gasteiger partial charge in [0.15, 0.2) is 0 Å². The molecule has 2 heterocycles. The fourth-order valence-corrected chi connectivity index (χ4v) is 4.63. The summed E-state index contributed by atoms with van der Waals surface area (Å²) < 4.78 is 0. The van der Waals surface area contributed by atoms with Gasteiger partial charge in [-0.3, -0.25) is 14.5 Å². The minimum atomic E-state index is -0.497. The van der Waals surface area contributed by atoms with Crippen LogP contribution >= 0.6 is 11.3 Å². The van der Waals surface area contributed by atoms with Crippen molar-refractivity contribution in [2.75, 3.05) is 19.6 Å². The highest BCUT2D eigenvalue weighted by atomic mass is 32.1. The second-order valence-electron chi connectivity index (χ2n) is 7.19. The molecule has 1 aromatic heterocycles. The van der Waals surface area contributed by atoms with E-state index in [1.807, 2.05) is 0 Å². The van der Waals surface area contributed by atoms with Crippen LogP contribution in [0.2, 0.25) is 0 Å². The van der Waals surface area contributed by atoms with Crippen LogP contribution in [0.4, 0.5) is 0 Å². The SMILES string of the molecule is O=C(NCC(c1ccsc1)N1CCCCC1)C(=O)NC1CCCCC1. The highest BCUT2D eigenvalue weighted by Gasteiger charge is 2.25. The summed E-state index contributed by atoms with van der Waals surface area (Å²) in [5.74, 6) is -0.975. The lowest BCUT2D eigenvalue weighted by Gasteiger charge is -2.34. The lowest BCUT2D eigenvalue weighted by Crippen LogP contribution is -2.47. The Morgan fingerprint density at radius 3 is 2.48 bits per heavy atom. The molecular weight excluding hydrogens is 334 g/mol. The first-order chi connectivity index (χ1) is 12.2. The Balaban J connectivity index is 1.52. The summed E-state index contributed by atoms with van der Waals surface area (Å²) in [5.41, 5.74) is 1.24. The van der Waals surface area contributed by atoms with Crippen molar-refractivity contribution in [3.63, 3.8) is 0 Å². The van der Waals surface area contributed by atoms with Crippen LogP contribution in [0.3, 0.4) is 0 Å². The van der Waals surface area contributed by atoms with Crippen LogP contribution < -0.4 is 10.6 Å². The summed E-state index contributed by atoms with van der Waals surface area (Å²) in [7, 11) is 0. The molecule has 1 aliphatic carbocycles. The molecule has 1 aliphatic heterocycles. The fourth-order valence-electron chi connectivity index (χ4n) is 3.92. The molecule has 0 spiro atoms. The van der Waals surface area contributed by atoms with E-state index in [4.69, 9.17) is 0 Å². The Morgan fingerprint density at radius 1 is 1.08 bits per heavy atom. The average Bonchev–Trinajstić information content (AvgIpc) is 3.18.